The Bertz CT molecular complexity index is 714. The van der Waals surface area contributed by atoms with Crippen LogP contribution in [0.1, 0.15) is 31.2 Å². The molecule has 18 heavy (non-hydrogen) atoms. The number of aromatic nitrogens is 3. The average molecular weight is 263 g/mol. The number of benzene rings is 1. The summed E-state index contributed by atoms with van der Waals surface area (Å²) in [7, 11) is 0. The molecule has 5 heteroatoms. The number of rotatable bonds is 3. The molecule has 0 aliphatic rings. The van der Waals surface area contributed by atoms with Crippen molar-refractivity contribution in [3.8, 4) is 0 Å². The fourth-order valence-corrected chi connectivity index (χ4v) is 3.10. The number of fused-ring (bicyclic) bond motifs is 3. The molecule has 2 heterocycles. The molecule has 0 fully saturated rings. The van der Waals surface area contributed by atoms with Gasteiger partial charge < -0.3 is 0 Å². The van der Waals surface area contributed by atoms with Crippen molar-refractivity contribution in [2.24, 2.45) is 0 Å². The Balaban J connectivity index is 2.30. The van der Waals surface area contributed by atoms with Crippen LogP contribution in [0.5, 0.6) is 0 Å². The second-order valence-electron chi connectivity index (χ2n) is 4.48. The molecule has 0 aliphatic carbocycles. The van der Waals surface area contributed by atoms with Crippen LogP contribution >= 0.6 is 11.3 Å². The highest BCUT2D eigenvalue weighted by Gasteiger charge is 2.16. The van der Waals surface area contributed by atoms with Crippen LogP contribution in [0.4, 0.5) is 4.39 Å². The van der Waals surface area contributed by atoms with E-state index in [1.54, 1.807) is 6.92 Å². The van der Waals surface area contributed by atoms with Crippen LogP contribution < -0.4 is 0 Å². The van der Waals surface area contributed by atoms with Gasteiger partial charge in [0, 0.05) is 6.42 Å². The molecule has 0 bridgehead atoms. The normalized spacial score (nSPS) is 11.7. The molecule has 0 radical (unpaired) electrons. The van der Waals surface area contributed by atoms with Crippen molar-refractivity contribution in [1.29, 1.82) is 0 Å². The van der Waals surface area contributed by atoms with E-state index in [4.69, 9.17) is 0 Å². The molecule has 0 spiro atoms. The Morgan fingerprint density at radius 3 is 2.94 bits per heavy atom. The van der Waals surface area contributed by atoms with E-state index in [1.165, 1.54) is 11.3 Å². The Morgan fingerprint density at radius 1 is 1.33 bits per heavy atom. The van der Waals surface area contributed by atoms with Crippen LogP contribution in [-0.2, 0) is 6.42 Å². The van der Waals surface area contributed by atoms with Gasteiger partial charge in [-0.2, -0.15) is 0 Å². The number of thiazole rings is 1. The highest BCUT2D eigenvalue weighted by Crippen LogP contribution is 2.30. The zero-order valence-electron chi connectivity index (χ0n) is 10.4. The molecular formula is C13H14FN3S. The van der Waals surface area contributed by atoms with Gasteiger partial charge in [0.1, 0.15) is 11.3 Å². The lowest BCUT2D eigenvalue weighted by molar-refractivity contribution is 0.625. The molecule has 3 aromatic rings. The molecule has 3 nitrogen and oxygen atoms in total. The summed E-state index contributed by atoms with van der Waals surface area (Å²) in [5, 5.41) is 8.31. The first-order valence-corrected chi connectivity index (χ1v) is 6.95. The van der Waals surface area contributed by atoms with Crippen molar-refractivity contribution < 1.29 is 4.39 Å². The zero-order valence-corrected chi connectivity index (χ0v) is 11.2. The van der Waals surface area contributed by atoms with Crippen molar-refractivity contribution in [1.82, 2.24) is 14.6 Å². The number of hydrogen-bond acceptors (Lipinski definition) is 3. The molecular weight excluding hydrogens is 249 g/mol. The van der Waals surface area contributed by atoms with E-state index < -0.39 is 0 Å². The largest absolute Gasteiger partial charge is 0.266 e. The van der Waals surface area contributed by atoms with E-state index in [2.05, 4.69) is 17.1 Å². The van der Waals surface area contributed by atoms with Gasteiger partial charge in [-0.25, -0.2) is 4.39 Å². The fraction of sp³-hybridized carbons (Fsp3) is 0.385. The van der Waals surface area contributed by atoms with E-state index in [-0.39, 0.29) is 5.82 Å². The second-order valence-corrected chi connectivity index (χ2v) is 5.49. The first kappa shape index (κ1) is 11.6. The smallest absolute Gasteiger partial charge is 0.217 e. The Kier molecular flexibility index (Phi) is 2.78. The van der Waals surface area contributed by atoms with Gasteiger partial charge in [-0.3, -0.25) is 4.40 Å². The van der Waals surface area contributed by atoms with Crippen molar-refractivity contribution >= 4 is 26.5 Å². The van der Waals surface area contributed by atoms with Gasteiger partial charge in [0.05, 0.1) is 4.70 Å². The summed E-state index contributed by atoms with van der Waals surface area (Å²) in [5.74, 6) is 0.707. The Labute approximate surface area is 108 Å². The maximum Gasteiger partial charge on any atom is 0.217 e. The predicted molar refractivity (Wildman–Crippen MR) is 71.7 cm³/mol. The number of halogens is 1. The monoisotopic (exact) mass is 263 g/mol. The summed E-state index contributed by atoms with van der Waals surface area (Å²) >= 11 is 1.49. The topological polar surface area (TPSA) is 30.2 Å². The number of nitrogens with zero attached hydrogens (tertiary/aromatic N) is 3. The van der Waals surface area contributed by atoms with E-state index in [9.17, 15) is 4.39 Å². The number of hydrogen-bond donors (Lipinski definition) is 0. The lowest BCUT2D eigenvalue weighted by Crippen LogP contribution is -1.96. The number of unbranched alkanes of at least 4 members (excludes halogenated alkanes) is 1. The third-order valence-corrected chi connectivity index (χ3v) is 4.15. The minimum atomic E-state index is -0.156. The van der Waals surface area contributed by atoms with E-state index in [0.717, 1.165) is 34.7 Å². The number of aryl methyl sites for hydroxylation is 2. The van der Waals surface area contributed by atoms with Crippen LogP contribution in [0.3, 0.4) is 0 Å². The quantitative estimate of drug-likeness (QED) is 0.720. The summed E-state index contributed by atoms with van der Waals surface area (Å²) < 4.78 is 17.1. The maximum absolute atomic E-state index is 14.3. The molecule has 0 unspecified atom stereocenters. The molecule has 0 aliphatic heterocycles. The summed E-state index contributed by atoms with van der Waals surface area (Å²) in [6, 6.07) is 3.77. The average Bonchev–Trinajstić information content (AvgIpc) is 2.90. The lowest BCUT2D eigenvalue weighted by Gasteiger charge is -2.01. The third kappa shape index (κ3) is 1.61. The van der Waals surface area contributed by atoms with Crippen LogP contribution in [0.15, 0.2) is 12.1 Å². The van der Waals surface area contributed by atoms with Crippen LogP contribution in [-0.4, -0.2) is 14.6 Å². The van der Waals surface area contributed by atoms with Crippen LogP contribution in [0, 0.1) is 12.7 Å². The van der Waals surface area contributed by atoms with Gasteiger partial charge in [0.25, 0.3) is 0 Å². The minimum Gasteiger partial charge on any atom is -0.266 e. The van der Waals surface area contributed by atoms with E-state index in [1.807, 2.05) is 16.5 Å². The van der Waals surface area contributed by atoms with Crippen molar-refractivity contribution in [2.45, 2.75) is 33.1 Å². The second kappa shape index (κ2) is 4.31. The van der Waals surface area contributed by atoms with Gasteiger partial charge in [-0.15, -0.1) is 10.2 Å². The van der Waals surface area contributed by atoms with Crippen molar-refractivity contribution in [2.75, 3.05) is 0 Å². The molecule has 0 saturated heterocycles. The summed E-state index contributed by atoms with van der Waals surface area (Å²) in [4.78, 5) is 0.778. The van der Waals surface area contributed by atoms with Gasteiger partial charge in [0.2, 0.25) is 4.96 Å². The predicted octanol–water partition coefficient (Wildman–Crippen LogP) is 3.73. The molecule has 0 amide bonds. The third-order valence-electron chi connectivity index (χ3n) is 3.15. The van der Waals surface area contributed by atoms with Gasteiger partial charge in [-0.1, -0.05) is 30.7 Å². The first-order valence-electron chi connectivity index (χ1n) is 6.14. The van der Waals surface area contributed by atoms with Crippen LogP contribution in [0.2, 0.25) is 0 Å². The Hall–Kier alpha value is -1.49. The minimum absolute atomic E-state index is 0.156. The van der Waals surface area contributed by atoms with E-state index in [0.29, 0.717) is 11.1 Å². The van der Waals surface area contributed by atoms with E-state index >= 15 is 0 Å². The highest BCUT2D eigenvalue weighted by molar-refractivity contribution is 7.23. The molecule has 94 valence electrons. The SMILES string of the molecule is CCCCc1nnc2sc3ccc(C)c(F)c3n12. The molecule has 3 rings (SSSR count). The zero-order chi connectivity index (χ0) is 12.7. The molecule has 0 atom stereocenters. The van der Waals surface area contributed by atoms with Crippen molar-refractivity contribution in [3.05, 3.63) is 29.3 Å². The van der Waals surface area contributed by atoms with Gasteiger partial charge in [-0.05, 0) is 25.0 Å². The van der Waals surface area contributed by atoms with Crippen LogP contribution in [0.25, 0.3) is 15.2 Å². The summed E-state index contributed by atoms with van der Waals surface area (Å²) in [6.45, 7) is 3.92. The molecule has 2 aromatic heterocycles. The maximum atomic E-state index is 14.3. The highest BCUT2D eigenvalue weighted by atomic mass is 32.1. The summed E-state index contributed by atoms with van der Waals surface area (Å²) in [6.07, 6.45) is 2.99. The van der Waals surface area contributed by atoms with Gasteiger partial charge in [0.15, 0.2) is 5.82 Å². The lowest BCUT2D eigenvalue weighted by atomic mass is 10.2. The fourth-order valence-electron chi connectivity index (χ4n) is 2.12. The molecule has 0 N–H and O–H groups in total. The Morgan fingerprint density at radius 2 is 2.17 bits per heavy atom. The first-order chi connectivity index (χ1) is 8.72. The van der Waals surface area contributed by atoms with Gasteiger partial charge >= 0.3 is 0 Å². The standard InChI is InChI=1S/C13H14FN3S/c1-3-4-5-10-15-16-13-17(10)12-9(18-13)7-6-8(2)11(12)14/h6-7H,3-5H2,1-2H3. The van der Waals surface area contributed by atoms with Crippen molar-refractivity contribution in [3.63, 3.8) is 0 Å². The molecule has 1 aromatic carbocycles. The summed E-state index contributed by atoms with van der Waals surface area (Å²) in [5.41, 5.74) is 1.29. The molecule has 0 saturated carbocycles.